The Hall–Kier alpha value is -4.07. The van der Waals surface area contributed by atoms with Crippen LogP contribution in [0.1, 0.15) is 10.4 Å². The maximum Gasteiger partial charge on any atom is 0.257 e. The van der Waals surface area contributed by atoms with E-state index < -0.39 is 0 Å². The fraction of sp³-hybridized carbons (Fsp3) is 0.231. The van der Waals surface area contributed by atoms with E-state index in [1.807, 2.05) is 29.2 Å². The standard InChI is InChI=1S/C26H27FN4O3/c1-33-22-13-7-19(8-14-22)25(32)29-26(28-23-5-3-4-6-24(23)34-2)31-17-15-30(16-18-31)21-11-9-20(27)10-12-21/h3-14H,15-18H2,1-2H3,(H,28,29,32). The second-order valence-corrected chi connectivity index (χ2v) is 7.74. The van der Waals surface area contributed by atoms with E-state index in [9.17, 15) is 9.18 Å². The molecule has 1 N–H and O–H groups in total. The number of halogens is 1. The molecule has 0 unspecified atom stereocenters. The highest BCUT2D eigenvalue weighted by atomic mass is 19.1. The summed E-state index contributed by atoms with van der Waals surface area (Å²) in [4.78, 5) is 22.0. The van der Waals surface area contributed by atoms with E-state index in [-0.39, 0.29) is 11.7 Å². The van der Waals surface area contributed by atoms with Crippen molar-refractivity contribution in [1.29, 1.82) is 0 Å². The van der Waals surface area contributed by atoms with Crippen LogP contribution in [0.25, 0.3) is 0 Å². The van der Waals surface area contributed by atoms with Crippen LogP contribution in [0.4, 0.5) is 15.8 Å². The summed E-state index contributed by atoms with van der Waals surface area (Å²) < 4.78 is 23.9. The first kappa shape index (κ1) is 23.1. The maximum absolute atomic E-state index is 13.3. The van der Waals surface area contributed by atoms with E-state index in [1.165, 1.54) is 12.1 Å². The van der Waals surface area contributed by atoms with Crippen LogP contribution < -0.4 is 19.7 Å². The van der Waals surface area contributed by atoms with Crippen LogP contribution >= 0.6 is 0 Å². The molecule has 1 aliphatic rings. The summed E-state index contributed by atoms with van der Waals surface area (Å²) in [5, 5.41) is 2.97. The van der Waals surface area contributed by atoms with Crippen molar-refractivity contribution in [2.45, 2.75) is 0 Å². The number of amides is 1. The predicted molar refractivity (Wildman–Crippen MR) is 131 cm³/mol. The molecule has 8 heteroatoms. The Morgan fingerprint density at radius 3 is 2.21 bits per heavy atom. The molecule has 0 aliphatic carbocycles. The highest BCUT2D eigenvalue weighted by Gasteiger charge is 2.22. The zero-order valence-corrected chi connectivity index (χ0v) is 19.2. The minimum atomic E-state index is -0.266. The summed E-state index contributed by atoms with van der Waals surface area (Å²) >= 11 is 0. The molecular formula is C26H27FN4O3. The highest BCUT2D eigenvalue weighted by molar-refractivity contribution is 6.06. The van der Waals surface area contributed by atoms with Gasteiger partial charge in [-0.1, -0.05) is 12.1 Å². The maximum atomic E-state index is 13.3. The Balaban J connectivity index is 1.55. The van der Waals surface area contributed by atoms with Gasteiger partial charge in [-0.3, -0.25) is 10.1 Å². The second kappa shape index (κ2) is 10.7. The summed E-state index contributed by atoms with van der Waals surface area (Å²) in [6.45, 7) is 2.67. The second-order valence-electron chi connectivity index (χ2n) is 7.74. The molecule has 3 aromatic carbocycles. The van der Waals surface area contributed by atoms with Crippen LogP contribution in [0.2, 0.25) is 0 Å². The number of ether oxygens (including phenoxy) is 2. The fourth-order valence-electron chi connectivity index (χ4n) is 3.76. The number of piperazine rings is 1. The number of nitrogens with one attached hydrogen (secondary N) is 1. The number of methoxy groups -OCH3 is 2. The first-order chi connectivity index (χ1) is 16.6. The lowest BCUT2D eigenvalue weighted by Gasteiger charge is -2.37. The van der Waals surface area contributed by atoms with Crippen LogP contribution in [-0.2, 0) is 0 Å². The first-order valence-corrected chi connectivity index (χ1v) is 11.0. The number of carbonyl (C=O) groups excluding carboxylic acids is 1. The SMILES string of the molecule is COc1ccc(C(=O)NC(=Nc2ccccc2OC)N2CCN(c3ccc(F)cc3)CC2)cc1. The van der Waals surface area contributed by atoms with Crippen molar-refractivity contribution in [2.75, 3.05) is 45.3 Å². The Morgan fingerprint density at radius 1 is 0.882 bits per heavy atom. The van der Waals surface area contributed by atoms with Crippen molar-refractivity contribution in [2.24, 2.45) is 4.99 Å². The minimum absolute atomic E-state index is 0.255. The first-order valence-electron chi connectivity index (χ1n) is 11.0. The van der Waals surface area contributed by atoms with Gasteiger partial charge in [-0.05, 0) is 60.7 Å². The van der Waals surface area contributed by atoms with E-state index >= 15 is 0 Å². The number of carbonyl (C=O) groups is 1. The third-order valence-electron chi connectivity index (χ3n) is 5.66. The highest BCUT2D eigenvalue weighted by Crippen LogP contribution is 2.27. The number of rotatable bonds is 5. The minimum Gasteiger partial charge on any atom is -0.497 e. The third kappa shape index (κ3) is 5.46. The van der Waals surface area contributed by atoms with Crippen molar-refractivity contribution >= 4 is 23.2 Å². The summed E-state index contributed by atoms with van der Waals surface area (Å²) in [5.41, 5.74) is 2.08. The number of benzene rings is 3. The lowest BCUT2D eigenvalue weighted by atomic mass is 10.2. The van der Waals surface area contributed by atoms with Gasteiger partial charge in [-0.25, -0.2) is 9.38 Å². The summed E-state index contributed by atoms with van der Waals surface area (Å²) in [6, 6.07) is 20.8. The molecule has 1 fully saturated rings. The van der Waals surface area contributed by atoms with E-state index in [2.05, 4.69) is 10.2 Å². The molecule has 1 heterocycles. The van der Waals surface area contributed by atoms with Gasteiger partial charge in [-0.2, -0.15) is 0 Å². The van der Waals surface area contributed by atoms with Crippen molar-refractivity contribution in [3.05, 3.63) is 84.2 Å². The Kier molecular flexibility index (Phi) is 7.27. The third-order valence-corrected chi connectivity index (χ3v) is 5.66. The van der Waals surface area contributed by atoms with E-state index in [1.54, 1.807) is 50.6 Å². The van der Waals surface area contributed by atoms with Crippen LogP contribution in [0.3, 0.4) is 0 Å². The van der Waals surface area contributed by atoms with Gasteiger partial charge in [0, 0.05) is 37.4 Å². The molecule has 7 nitrogen and oxygen atoms in total. The summed E-state index contributed by atoms with van der Waals surface area (Å²) in [6.07, 6.45) is 0. The predicted octanol–water partition coefficient (Wildman–Crippen LogP) is 4.08. The Bertz CT molecular complexity index is 1140. The monoisotopic (exact) mass is 462 g/mol. The number of hydrogen-bond acceptors (Lipinski definition) is 5. The molecule has 0 saturated carbocycles. The molecule has 0 aromatic heterocycles. The molecule has 3 aromatic rings. The van der Waals surface area contributed by atoms with E-state index in [0.29, 0.717) is 54.9 Å². The molecule has 1 saturated heterocycles. The molecule has 4 rings (SSSR count). The molecule has 0 radical (unpaired) electrons. The zero-order chi connectivity index (χ0) is 23.9. The summed E-state index contributed by atoms with van der Waals surface area (Å²) in [7, 11) is 3.17. The van der Waals surface area contributed by atoms with Gasteiger partial charge in [0.1, 0.15) is 23.0 Å². The lowest BCUT2D eigenvalue weighted by molar-refractivity contribution is 0.0971. The van der Waals surface area contributed by atoms with Crippen LogP contribution in [-0.4, -0.2) is 57.2 Å². The number of nitrogens with zero attached hydrogens (tertiary/aromatic N) is 3. The average molecular weight is 463 g/mol. The lowest BCUT2D eigenvalue weighted by Crippen LogP contribution is -2.53. The average Bonchev–Trinajstić information content (AvgIpc) is 2.89. The molecule has 1 aliphatic heterocycles. The normalized spacial score (nSPS) is 14.0. The van der Waals surface area contributed by atoms with E-state index in [4.69, 9.17) is 14.5 Å². The summed E-state index contributed by atoms with van der Waals surface area (Å²) in [5.74, 6) is 1.22. The van der Waals surface area contributed by atoms with Gasteiger partial charge in [0.15, 0.2) is 0 Å². The molecule has 0 atom stereocenters. The van der Waals surface area contributed by atoms with Crippen molar-refractivity contribution < 1.29 is 18.7 Å². The van der Waals surface area contributed by atoms with Crippen LogP contribution in [0.5, 0.6) is 11.5 Å². The van der Waals surface area contributed by atoms with Gasteiger partial charge >= 0.3 is 0 Å². The van der Waals surface area contributed by atoms with Gasteiger partial charge < -0.3 is 19.3 Å². The molecule has 0 spiro atoms. The van der Waals surface area contributed by atoms with Crippen molar-refractivity contribution in [1.82, 2.24) is 10.2 Å². The van der Waals surface area contributed by atoms with Gasteiger partial charge in [0.25, 0.3) is 5.91 Å². The molecule has 1 amide bonds. The number of aliphatic imine (C=N–C) groups is 1. The number of hydrogen-bond donors (Lipinski definition) is 1. The van der Waals surface area contributed by atoms with Gasteiger partial charge in [0.2, 0.25) is 5.96 Å². The van der Waals surface area contributed by atoms with E-state index in [0.717, 1.165) is 5.69 Å². The number of guanidine groups is 1. The van der Waals surface area contributed by atoms with Gasteiger partial charge in [-0.15, -0.1) is 0 Å². The smallest absolute Gasteiger partial charge is 0.257 e. The number of anilines is 1. The molecule has 0 bridgehead atoms. The van der Waals surface area contributed by atoms with Crippen molar-refractivity contribution in [3.63, 3.8) is 0 Å². The topological polar surface area (TPSA) is 66.4 Å². The molecular weight excluding hydrogens is 435 g/mol. The number of para-hydroxylation sites is 2. The molecule has 34 heavy (non-hydrogen) atoms. The van der Waals surface area contributed by atoms with Crippen LogP contribution in [0.15, 0.2) is 77.8 Å². The molecule has 176 valence electrons. The zero-order valence-electron chi connectivity index (χ0n) is 19.2. The largest absolute Gasteiger partial charge is 0.497 e. The quantitative estimate of drug-likeness (QED) is 0.457. The van der Waals surface area contributed by atoms with Gasteiger partial charge in [0.05, 0.1) is 14.2 Å². The Morgan fingerprint density at radius 2 is 1.56 bits per heavy atom. The van der Waals surface area contributed by atoms with Crippen LogP contribution in [0, 0.1) is 5.82 Å². The van der Waals surface area contributed by atoms with Crippen molar-refractivity contribution in [3.8, 4) is 11.5 Å². The Labute approximate surface area is 198 Å². The fourth-order valence-corrected chi connectivity index (χ4v) is 3.76.